The van der Waals surface area contributed by atoms with Crippen LogP contribution < -0.4 is 36.1 Å². The molecule has 28 heteroatoms. The number of aliphatic hydroxyl groups is 1. The number of ether oxygens (including phenoxy) is 8. The van der Waals surface area contributed by atoms with Crippen LogP contribution in [0, 0.1) is 5.92 Å². The van der Waals surface area contributed by atoms with Crippen LogP contribution in [0.2, 0.25) is 5.02 Å². The number of nitrogens with one attached hydrogen (secondary N) is 3. The largest absolute Gasteiger partial charge is 0.495 e. The van der Waals surface area contributed by atoms with Gasteiger partial charge in [0, 0.05) is 92.0 Å². The lowest BCUT2D eigenvalue weighted by molar-refractivity contribution is -0.184. The number of esters is 1. The molecule has 7 rings (SSSR count). The Balaban J connectivity index is 0.922. The number of fused-ring (bicyclic) bond motifs is 5. The molecule has 8 amide bonds. The van der Waals surface area contributed by atoms with Gasteiger partial charge in [0.25, 0.3) is 17.7 Å². The number of imide groups is 1. The van der Waals surface area contributed by atoms with Crippen LogP contribution in [0.1, 0.15) is 94.1 Å². The molecule has 2 saturated heterocycles. The highest BCUT2D eigenvalue weighted by Crippen LogP contribution is 2.49. The van der Waals surface area contributed by atoms with Crippen LogP contribution in [0.4, 0.5) is 20.1 Å². The number of allylic oxidation sites excluding steroid dienone is 4. The molecule has 1 aliphatic carbocycles. The topological polar surface area (TPSA) is 329 Å². The molecule has 10 atom stereocenters. The normalized spacial score (nSPS) is 25.2. The van der Waals surface area contributed by atoms with E-state index in [9.17, 15) is 48.3 Å². The van der Waals surface area contributed by atoms with Crippen molar-refractivity contribution in [1.29, 1.82) is 0 Å². The zero-order valence-corrected chi connectivity index (χ0v) is 54.5. The minimum Gasteiger partial charge on any atom is -0.495 e. The molecule has 4 heterocycles. The highest BCUT2D eigenvalue weighted by molar-refractivity contribution is 6.35. The molecule has 4 bridgehead atoms. The van der Waals surface area contributed by atoms with Gasteiger partial charge in [0.15, 0.2) is 0 Å². The number of halogens is 1. The number of hydrogen-bond donors (Lipinski definition) is 5. The van der Waals surface area contributed by atoms with Gasteiger partial charge in [-0.05, 0) is 81.8 Å². The zero-order valence-electron chi connectivity index (χ0n) is 53.7. The smallest absolute Gasteiger partial charge is 0.412 e. The number of carbonyl (C=O) groups excluding carboxylic acids is 9. The van der Waals surface area contributed by atoms with E-state index in [-0.39, 0.29) is 81.7 Å². The predicted molar refractivity (Wildman–Crippen MR) is 335 cm³/mol. The molecule has 0 aromatic heterocycles. The lowest BCUT2D eigenvalue weighted by Gasteiger charge is -2.43. The Morgan fingerprint density at radius 3 is 2.37 bits per heavy atom. The quantitative estimate of drug-likeness (QED) is 0.0420. The van der Waals surface area contributed by atoms with Crippen molar-refractivity contribution in [3.05, 3.63) is 100 Å². The lowest BCUT2D eigenvalue weighted by Crippen LogP contribution is -2.61. The van der Waals surface area contributed by atoms with Crippen LogP contribution in [0.25, 0.3) is 0 Å². The highest BCUT2D eigenvalue weighted by atomic mass is 35.5. The van der Waals surface area contributed by atoms with E-state index in [0.717, 1.165) is 52.4 Å². The third kappa shape index (κ3) is 18.2. The van der Waals surface area contributed by atoms with Crippen LogP contribution in [-0.4, -0.2) is 214 Å². The first-order valence-corrected chi connectivity index (χ1v) is 30.9. The maximum atomic E-state index is 14.4. The van der Waals surface area contributed by atoms with E-state index in [1.807, 2.05) is 38.2 Å². The maximum Gasteiger partial charge on any atom is 0.412 e. The van der Waals surface area contributed by atoms with Gasteiger partial charge in [0.05, 0.1) is 56.2 Å². The van der Waals surface area contributed by atoms with Gasteiger partial charge in [-0.15, -0.1) is 0 Å². The molecule has 5 aliphatic rings. The van der Waals surface area contributed by atoms with Gasteiger partial charge in [-0.3, -0.25) is 34.2 Å². The minimum absolute atomic E-state index is 0.00777. The summed E-state index contributed by atoms with van der Waals surface area (Å²) in [6.45, 7) is 5.98. The van der Waals surface area contributed by atoms with Crippen molar-refractivity contribution in [2.24, 2.45) is 11.7 Å². The van der Waals surface area contributed by atoms with E-state index in [2.05, 4.69) is 16.0 Å². The summed E-state index contributed by atoms with van der Waals surface area (Å²) >= 11 is 6.84. The molecule has 6 N–H and O–H groups in total. The fourth-order valence-electron chi connectivity index (χ4n) is 11.1. The average Bonchev–Trinajstić information content (AvgIpc) is 1.57. The van der Waals surface area contributed by atoms with Crippen LogP contribution in [0.3, 0.4) is 0 Å². The first kappa shape index (κ1) is 71.5. The van der Waals surface area contributed by atoms with Gasteiger partial charge in [-0.2, -0.15) is 0 Å². The van der Waals surface area contributed by atoms with E-state index in [0.29, 0.717) is 29.8 Å². The van der Waals surface area contributed by atoms with Crippen LogP contribution in [-0.2, 0) is 65.4 Å². The van der Waals surface area contributed by atoms with E-state index in [4.69, 9.17) is 55.2 Å². The number of nitrogens with two attached hydrogens (primary N) is 1. The second-order valence-corrected chi connectivity index (χ2v) is 24.2. The molecule has 2 aromatic rings. The summed E-state index contributed by atoms with van der Waals surface area (Å²) in [5, 5.41) is 20.6. The Kier molecular flexibility index (Phi) is 24.9. The fraction of sp³-hybridized carbons (Fsp3) is 0.547. The monoisotopic (exact) mass is 1300 g/mol. The molecule has 2 aromatic carbocycles. The van der Waals surface area contributed by atoms with Gasteiger partial charge >= 0.3 is 24.2 Å². The van der Waals surface area contributed by atoms with Crippen molar-refractivity contribution < 1.29 is 86.2 Å². The van der Waals surface area contributed by atoms with Gasteiger partial charge in [0.1, 0.15) is 59.3 Å². The van der Waals surface area contributed by atoms with Crippen molar-refractivity contribution >= 4 is 71.1 Å². The van der Waals surface area contributed by atoms with Crippen molar-refractivity contribution in [2.45, 2.75) is 140 Å². The molecule has 4 aliphatic heterocycles. The van der Waals surface area contributed by atoms with Gasteiger partial charge in [0.2, 0.25) is 11.8 Å². The van der Waals surface area contributed by atoms with E-state index in [1.165, 1.54) is 75.2 Å². The third-order valence-electron chi connectivity index (χ3n) is 17.2. The molecule has 27 nitrogen and oxygen atoms in total. The summed E-state index contributed by atoms with van der Waals surface area (Å²) in [5.41, 5.74) is 5.80. The maximum absolute atomic E-state index is 14.4. The number of hydrogen-bond acceptors (Lipinski definition) is 20. The Labute approximate surface area is 540 Å². The Morgan fingerprint density at radius 1 is 0.967 bits per heavy atom. The molecule has 502 valence electrons. The summed E-state index contributed by atoms with van der Waals surface area (Å²) in [5.74, 6) is -3.87. The first-order valence-electron chi connectivity index (χ1n) is 30.5. The predicted octanol–water partition coefficient (Wildman–Crippen LogP) is 4.65. The number of benzene rings is 2. The first-order chi connectivity index (χ1) is 43.7. The number of rotatable bonds is 19. The van der Waals surface area contributed by atoms with Crippen molar-refractivity contribution in [2.75, 3.05) is 86.8 Å². The number of epoxide rings is 1. The van der Waals surface area contributed by atoms with Gasteiger partial charge < -0.3 is 79.0 Å². The molecular weight excluding hydrogens is 1220 g/mol. The number of methoxy groups -OCH3 is 2. The van der Waals surface area contributed by atoms with Crippen molar-refractivity contribution in [1.82, 2.24) is 35.6 Å². The molecule has 92 heavy (non-hydrogen) atoms. The third-order valence-corrected chi connectivity index (χ3v) is 17.6. The average molecular weight is 1300 g/mol. The Bertz CT molecular complexity index is 3180. The van der Waals surface area contributed by atoms with Crippen molar-refractivity contribution in [3.8, 4) is 11.5 Å². The summed E-state index contributed by atoms with van der Waals surface area (Å²) in [6, 6.07) is 5.69. The second-order valence-electron chi connectivity index (χ2n) is 23.8. The van der Waals surface area contributed by atoms with Gasteiger partial charge in [-0.1, -0.05) is 67.0 Å². The van der Waals surface area contributed by atoms with E-state index < -0.39 is 114 Å². The molecule has 10 unspecified atom stereocenters. The molecule has 0 saturated carbocycles. The minimum atomic E-state index is -1.54. The molecule has 0 spiro atoms. The number of carbonyl (C=O) groups is 9. The van der Waals surface area contributed by atoms with E-state index in [1.54, 1.807) is 32.2 Å². The summed E-state index contributed by atoms with van der Waals surface area (Å²) in [6.07, 6.45) is 8.93. The number of amides is 8. The Hall–Kier alpha value is -7.92. The Morgan fingerprint density at radius 2 is 1.67 bits per heavy atom. The SMILES string of the molecule is COc1cc2cc(c1Cl)N(C)C(=O)CC(OC(=O)C(C)N(C)C(=O)CCOC(=O)N(C)CCN(C)C(=O)OCc1ccc(OC(=O)NC3CCCCC=CC3N)c(C(=O)NCCN3C(=O)C=CC3=O)c1)C1(C)OC1C(C)C1CC(O)(NCO1)C(OC)C=CC=C(C)C2. The van der Waals surface area contributed by atoms with Crippen LogP contribution in [0.5, 0.6) is 11.5 Å². The zero-order chi connectivity index (χ0) is 67.2. The number of likely N-dealkylation sites (N-methyl/N-ethyl adjacent to an activating group) is 3. The summed E-state index contributed by atoms with van der Waals surface area (Å²) in [4.78, 5) is 125. The fourth-order valence-corrected chi connectivity index (χ4v) is 11.4. The summed E-state index contributed by atoms with van der Waals surface area (Å²) in [7, 11) is 8.78. The van der Waals surface area contributed by atoms with E-state index >= 15 is 0 Å². The highest BCUT2D eigenvalue weighted by Gasteiger charge is 2.64. The molecule has 0 radical (unpaired) electrons. The van der Waals surface area contributed by atoms with Crippen molar-refractivity contribution in [3.63, 3.8) is 0 Å². The standard InChI is InChI=1S/C64H86ClN9O18/c1-38-16-15-19-50(86-10)64(84)35-49(89-37-68-64)39(2)57-63(4,92-57)51(34-55(78)73(8)46-32-42(30-38)33-48(85-9)56(46)65)91-59(80)40(3)72(7)52(75)24-29-87-61(82)70(5)27-28-71(6)62(83)88-36-41-20-21-47(90-60(81)69-45-18-14-12-11-13-17-44(45)66)43(31-41)58(79)67-25-26-74-53(76)22-23-54(74)77/h13,15-17,19-23,31-33,39-40,44-45,49-51,57,68,84H,11-12,14,18,24-30,34-37,66H2,1-10H3,(H,67,79)(H,69,81). The van der Waals surface area contributed by atoms with Crippen LogP contribution >= 0.6 is 11.6 Å². The molecule has 2 fully saturated rings. The lowest BCUT2D eigenvalue weighted by atomic mass is 9.83. The van der Waals surface area contributed by atoms with Crippen LogP contribution in [0.15, 0.2) is 78.4 Å². The summed E-state index contributed by atoms with van der Waals surface area (Å²) < 4.78 is 46.6. The van der Waals surface area contributed by atoms with Gasteiger partial charge in [-0.25, -0.2) is 19.2 Å². The number of nitrogens with zero attached hydrogens (tertiary/aromatic N) is 5. The number of anilines is 1. The molecular formula is C64H86ClN9O18. The second kappa shape index (κ2) is 32.1.